The van der Waals surface area contributed by atoms with Crippen molar-refractivity contribution in [2.75, 3.05) is 29.9 Å². The van der Waals surface area contributed by atoms with Crippen LogP contribution in [0.15, 0.2) is 58.3 Å². The van der Waals surface area contributed by atoms with Crippen LogP contribution in [0.5, 0.6) is 0 Å². The number of hydrogen-bond donors (Lipinski definition) is 1. The van der Waals surface area contributed by atoms with E-state index in [4.69, 9.17) is 0 Å². The third kappa shape index (κ3) is 5.00. The van der Waals surface area contributed by atoms with E-state index in [9.17, 15) is 18.0 Å². The number of nitrogens with one attached hydrogen (secondary N) is 1. The number of fused-ring (bicyclic) bond motifs is 1. The standard InChI is InChI=1S/C23H27N3O4S2/c1-17-14-23(28)26(16-22(27)24-18-8-4-2-5-9-18)20-15-19(10-11-21(20)31-17)32(29,30)25-12-6-3-7-13-25/h2,4-5,8-11,15,17H,3,6-7,12-14,16H2,1H3,(H,24,27)/t17-/m1/s1. The van der Waals surface area contributed by atoms with Crippen LogP contribution in [0.4, 0.5) is 11.4 Å². The summed E-state index contributed by atoms with van der Waals surface area (Å²) >= 11 is 1.52. The van der Waals surface area contributed by atoms with Crippen molar-refractivity contribution in [2.45, 2.75) is 47.6 Å². The van der Waals surface area contributed by atoms with E-state index in [0.717, 1.165) is 24.2 Å². The molecule has 2 aliphatic rings. The summed E-state index contributed by atoms with van der Waals surface area (Å²) in [6, 6.07) is 14.0. The highest BCUT2D eigenvalue weighted by Gasteiger charge is 2.31. The first-order valence-electron chi connectivity index (χ1n) is 10.8. The topological polar surface area (TPSA) is 86.8 Å². The number of thioether (sulfide) groups is 1. The zero-order chi connectivity index (χ0) is 22.7. The van der Waals surface area contributed by atoms with Gasteiger partial charge in [0.25, 0.3) is 0 Å². The molecule has 32 heavy (non-hydrogen) atoms. The Hall–Kier alpha value is -2.36. The molecule has 0 bridgehead atoms. The van der Waals surface area contributed by atoms with E-state index in [1.165, 1.54) is 21.0 Å². The molecule has 4 rings (SSSR count). The Kier molecular flexibility index (Phi) is 6.88. The molecule has 0 spiro atoms. The zero-order valence-corrected chi connectivity index (χ0v) is 19.6. The maximum absolute atomic E-state index is 13.2. The molecule has 2 amide bonds. The SMILES string of the molecule is C[C@@H]1CC(=O)N(CC(=O)Nc2ccccc2)c2cc(S(=O)(=O)N3CCCCC3)ccc2S1. The molecule has 2 heterocycles. The minimum atomic E-state index is -3.65. The predicted molar refractivity (Wildman–Crippen MR) is 126 cm³/mol. The van der Waals surface area contributed by atoms with Crippen LogP contribution >= 0.6 is 11.8 Å². The molecule has 2 aliphatic heterocycles. The van der Waals surface area contributed by atoms with Gasteiger partial charge in [-0.2, -0.15) is 4.31 Å². The molecule has 0 radical (unpaired) electrons. The number of nitrogens with zero attached hydrogens (tertiary/aromatic N) is 2. The van der Waals surface area contributed by atoms with Gasteiger partial charge in [-0.1, -0.05) is 31.5 Å². The van der Waals surface area contributed by atoms with Gasteiger partial charge in [0.1, 0.15) is 6.54 Å². The number of carbonyl (C=O) groups is 2. The van der Waals surface area contributed by atoms with Crippen LogP contribution in [0, 0.1) is 0 Å². The molecule has 2 aromatic rings. The van der Waals surface area contributed by atoms with Gasteiger partial charge in [0.2, 0.25) is 21.8 Å². The highest BCUT2D eigenvalue weighted by atomic mass is 32.2. The predicted octanol–water partition coefficient (Wildman–Crippen LogP) is 3.72. The summed E-state index contributed by atoms with van der Waals surface area (Å²) in [5.41, 5.74) is 1.12. The molecular formula is C23H27N3O4S2. The Bertz CT molecular complexity index is 1100. The lowest BCUT2D eigenvalue weighted by Crippen LogP contribution is -2.39. The van der Waals surface area contributed by atoms with Crippen molar-refractivity contribution in [3.8, 4) is 0 Å². The fourth-order valence-corrected chi connectivity index (χ4v) is 6.64. The molecule has 1 atom stereocenters. The summed E-state index contributed by atoms with van der Waals surface area (Å²) in [6.45, 7) is 2.79. The van der Waals surface area contributed by atoms with E-state index in [0.29, 0.717) is 24.5 Å². The highest BCUT2D eigenvalue weighted by molar-refractivity contribution is 8.00. The third-order valence-corrected chi connectivity index (χ3v) is 8.69. The van der Waals surface area contributed by atoms with Crippen molar-refractivity contribution in [3.05, 3.63) is 48.5 Å². The molecule has 0 aromatic heterocycles. The normalized spacial score (nSPS) is 19.8. The number of para-hydroxylation sites is 1. The Morgan fingerprint density at radius 1 is 1.09 bits per heavy atom. The van der Waals surface area contributed by atoms with Gasteiger partial charge < -0.3 is 10.2 Å². The van der Waals surface area contributed by atoms with Crippen LogP contribution in [0.2, 0.25) is 0 Å². The molecular weight excluding hydrogens is 446 g/mol. The van der Waals surface area contributed by atoms with Crippen molar-refractivity contribution < 1.29 is 18.0 Å². The number of sulfonamides is 1. The second-order valence-electron chi connectivity index (χ2n) is 8.12. The fourth-order valence-electron chi connectivity index (χ4n) is 4.01. The lowest BCUT2D eigenvalue weighted by atomic mass is 10.2. The second kappa shape index (κ2) is 9.64. The molecule has 170 valence electrons. The van der Waals surface area contributed by atoms with Crippen molar-refractivity contribution in [3.63, 3.8) is 0 Å². The smallest absolute Gasteiger partial charge is 0.244 e. The van der Waals surface area contributed by atoms with Gasteiger partial charge in [0, 0.05) is 35.3 Å². The molecule has 0 unspecified atom stereocenters. The third-order valence-electron chi connectivity index (χ3n) is 5.62. The monoisotopic (exact) mass is 473 g/mol. The second-order valence-corrected chi connectivity index (χ2v) is 11.5. The van der Waals surface area contributed by atoms with E-state index in [1.807, 2.05) is 25.1 Å². The molecule has 2 aromatic carbocycles. The van der Waals surface area contributed by atoms with E-state index in [2.05, 4.69) is 5.32 Å². The van der Waals surface area contributed by atoms with E-state index in [-0.39, 0.29) is 34.9 Å². The van der Waals surface area contributed by atoms with Gasteiger partial charge in [-0.25, -0.2) is 8.42 Å². The Balaban J connectivity index is 1.65. The molecule has 7 nitrogen and oxygen atoms in total. The number of anilines is 2. The Morgan fingerprint density at radius 3 is 2.53 bits per heavy atom. The summed E-state index contributed by atoms with van der Waals surface area (Å²) in [4.78, 5) is 28.1. The molecule has 0 saturated carbocycles. The number of carbonyl (C=O) groups excluding carboxylic acids is 2. The van der Waals surface area contributed by atoms with Gasteiger partial charge in [0.05, 0.1) is 10.6 Å². The largest absolute Gasteiger partial charge is 0.325 e. The first-order chi connectivity index (χ1) is 15.3. The number of amides is 2. The molecule has 0 aliphatic carbocycles. The number of piperidine rings is 1. The number of benzene rings is 2. The summed E-state index contributed by atoms with van der Waals surface area (Å²) in [5, 5.41) is 2.82. The molecule has 1 saturated heterocycles. The zero-order valence-electron chi connectivity index (χ0n) is 18.0. The summed E-state index contributed by atoms with van der Waals surface area (Å²) in [5.74, 6) is -0.529. The molecule has 1 fully saturated rings. The molecule has 9 heteroatoms. The summed E-state index contributed by atoms with van der Waals surface area (Å²) in [6.07, 6.45) is 3.00. The quantitative estimate of drug-likeness (QED) is 0.715. The van der Waals surface area contributed by atoms with Gasteiger partial charge in [-0.05, 0) is 43.2 Å². The van der Waals surface area contributed by atoms with Gasteiger partial charge in [0.15, 0.2) is 0 Å². The van der Waals surface area contributed by atoms with E-state index < -0.39 is 10.0 Å². The van der Waals surface area contributed by atoms with Crippen LogP contribution in [0.3, 0.4) is 0 Å². The van der Waals surface area contributed by atoms with Crippen LogP contribution in [0.25, 0.3) is 0 Å². The minimum Gasteiger partial charge on any atom is -0.325 e. The number of rotatable bonds is 5. The number of hydrogen-bond acceptors (Lipinski definition) is 5. The van der Waals surface area contributed by atoms with Crippen molar-refractivity contribution in [1.29, 1.82) is 0 Å². The minimum absolute atomic E-state index is 0.0213. The average Bonchev–Trinajstić information content (AvgIpc) is 2.90. The lowest BCUT2D eigenvalue weighted by Gasteiger charge is -2.27. The van der Waals surface area contributed by atoms with Crippen molar-refractivity contribution >= 4 is 45.0 Å². The average molecular weight is 474 g/mol. The highest BCUT2D eigenvalue weighted by Crippen LogP contribution is 2.39. The van der Waals surface area contributed by atoms with Crippen LogP contribution < -0.4 is 10.2 Å². The first kappa shape index (κ1) is 22.8. The van der Waals surface area contributed by atoms with Gasteiger partial charge in [-0.15, -0.1) is 11.8 Å². The van der Waals surface area contributed by atoms with Crippen molar-refractivity contribution in [2.24, 2.45) is 0 Å². The molecule has 1 N–H and O–H groups in total. The maximum atomic E-state index is 13.2. The maximum Gasteiger partial charge on any atom is 0.244 e. The van der Waals surface area contributed by atoms with Crippen LogP contribution in [-0.2, 0) is 19.6 Å². The van der Waals surface area contributed by atoms with Gasteiger partial charge >= 0.3 is 0 Å². The van der Waals surface area contributed by atoms with E-state index >= 15 is 0 Å². The van der Waals surface area contributed by atoms with Crippen LogP contribution in [-0.4, -0.2) is 49.4 Å². The summed E-state index contributed by atoms with van der Waals surface area (Å²) in [7, 11) is -3.65. The van der Waals surface area contributed by atoms with Crippen molar-refractivity contribution in [1.82, 2.24) is 4.31 Å². The Morgan fingerprint density at radius 2 is 1.81 bits per heavy atom. The lowest BCUT2D eigenvalue weighted by molar-refractivity contribution is -0.121. The van der Waals surface area contributed by atoms with Gasteiger partial charge in [-0.3, -0.25) is 9.59 Å². The Labute approximate surface area is 193 Å². The van der Waals surface area contributed by atoms with E-state index in [1.54, 1.807) is 30.3 Å². The fraction of sp³-hybridized carbons (Fsp3) is 0.391. The summed E-state index contributed by atoms with van der Waals surface area (Å²) < 4.78 is 27.9. The first-order valence-corrected chi connectivity index (χ1v) is 13.1. The van der Waals surface area contributed by atoms with Crippen LogP contribution in [0.1, 0.15) is 32.6 Å².